The van der Waals surface area contributed by atoms with E-state index in [4.69, 9.17) is 4.74 Å². The smallest absolute Gasteiger partial charge is 0.407 e. The normalized spacial score (nSPS) is 13.7. The molecule has 1 aliphatic carbocycles. The van der Waals surface area contributed by atoms with E-state index in [0.29, 0.717) is 0 Å². The van der Waals surface area contributed by atoms with Gasteiger partial charge >= 0.3 is 6.09 Å². The molecule has 170 valence electrons. The van der Waals surface area contributed by atoms with E-state index < -0.39 is 18.1 Å². The van der Waals surface area contributed by atoms with Crippen LogP contribution in [0.4, 0.5) is 4.79 Å². The van der Waals surface area contributed by atoms with Gasteiger partial charge in [-0.1, -0.05) is 93.6 Å². The Kier molecular flexibility index (Phi) is 6.23. The lowest BCUT2D eigenvalue weighted by molar-refractivity contribution is -0.308. The SMILES string of the molecule is CC(C)(C)c1ccc(C[C@@H](NC(=O)OCC2c3ccccc3-c3ccccc32)C(=O)[O-])cc1. The van der Waals surface area contributed by atoms with Gasteiger partial charge in [-0.3, -0.25) is 0 Å². The van der Waals surface area contributed by atoms with Crippen LogP contribution in [0.5, 0.6) is 0 Å². The second kappa shape index (κ2) is 9.10. The number of carboxylic acid groups (broad SMARTS) is 1. The predicted octanol–water partition coefficient (Wildman–Crippen LogP) is 4.18. The van der Waals surface area contributed by atoms with Gasteiger partial charge in [-0.05, 0) is 45.2 Å². The first kappa shape index (κ1) is 22.6. The molecule has 5 heteroatoms. The number of benzene rings is 3. The molecule has 0 heterocycles. The highest BCUT2D eigenvalue weighted by molar-refractivity contribution is 5.80. The van der Waals surface area contributed by atoms with E-state index in [2.05, 4.69) is 38.2 Å². The summed E-state index contributed by atoms with van der Waals surface area (Å²) in [4.78, 5) is 24.2. The summed E-state index contributed by atoms with van der Waals surface area (Å²) in [6, 6.07) is 22.7. The number of carbonyl (C=O) groups excluding carboxylic acids is 2. The van der Waals surface area contributed by atoms with E-state index in [1.165, 1.54) is 0 Å². The highest BCUT2D eigenvalue weighted by atomic mass is 16.5. The lowest BCUT2D eigenvalue weighted by Crippen LogP contribution is -2.49. The zero-order valence-corrected chi connectivity index (χ0v) is 19.1. The first-order valence-corrected chi connectivity index (χ1v) is 11.2. The highest BCUT2D eigenvalue weighted by Crippen LogP contribution is 2.44. The van der Waals surface area contributed by atoms with Crippen LogP contribution >= 0.6 is 0 Å². The molecule has 1 atom stereocenters. The van der Waals surface area contributed by atoms with E-state index in [0.717, 1.165) is 33.4 Å². The van der Waals surface area contributed by atoms with Crippen molar-refractivity contribution in [2.75, 3.05) is 6.61 Å². The van der Waals surface area contributed by atoms with Crippen molar-refractivity contribution in [1.29, 1.82) is 0 Å². The van der Waals surface area contributed by atoms with Crippen molar-refractivity contribution in [1.82, 2.24) is 5.32 Å². The first-order valence-electron chi connectivity index (χ1n) is 11.2. The van der Waals surface area contributed by atoms with Crippen molar-refractivity contribution < 1.29 is 19.4 Å². The maximum absolute atomic E-state index is 12.5. The van der Waals surface area contributed by atoms with Crippen molar-refractivity contribution in [2.24, 2.45) is 0 Å². The van der Waals surface area contributed by atoms with Gasteiger partial charge in [-0.15, -0.1) is 0 Å². The van der Waals surface area contributed by atoms with E-state index >= 15 is 0 Å². The Morgan fingerprint density at radius 3 is 1.97 bits per heavy atom. The predicted molar refractivity (Wildman–Crippen MR) is 126 cm³/mol. The van der Waals surface area contributed by atoms with Crippen LogP contribution in [-0.2, 0) is 21.4 Å². The maximum atomic E-state index is 12.5. The fourth-order valence-corrected chi connectivity index (χ4v) is 4.35. The Morgan fingerprint density at radius 2 is 1.45 bits per heavy atom. The number of nitrogens with one attached hydrogen (secondary N) is 1. The fourth-order valence-electron chi connectivity index (χ4n) is 4.35. The van der Waals surface area contributed by atoms with Gasteiger partial charge in [0.2, 0.25) is 0 Å². The highest BCUT2D eigenvalue weighted by Gasteiger charge is 2.29. The van der Waals surface area contributed by atoms with Crippen LogP contribution < -0.4 is 10.4 Å². The van der Waals surface area contributed by atoms with Gasteiger partial charge in [0.15, 0.2) is 0 Å². The summed E-state index contributed by atoms with van der Waals surface area (Å²) >= 11 is 0. The number of fused-ring (bicyclic) bond motifs is 3. The molecule has 1 amide bonds. The van der Waals surface area contributed by atoms with Crippen LogP contribution in [0.15, 0.2) is 72.8 Å². The summed E-state index contributed by atoms with van der Waals surface area (Å²) in [7, 11) is 0. The third-order valence-electron chi connectivity index (χ3n) is 6.18. The summed E-state index contributed by atoms with van der Waals surface area (Å²) < 4.78 is 5.48. The van der Waals surface area contributed by atoms with Gasteiger partial charge < -0.3 is 20.0 Å². The van der Waals surface area contributed by atoms with Crippen molar-refractivity contribution >= 4 is 12.1 Å². The standard InChI is InChI=1S/C28H29NO4/c1-28(2,3)19-14-12-18(13-15-19)16-25(26(30)31)29-27(32)33-17-24-22-10-6-4-8-20(22)21-9-5-7-11-23(21)24/h4-15,24-25H,16-17H2,1-3H3,(H,29,32)(H,30,31)/p-1/t25-/m1/s1. The summed E-state index contributed by atoms with van der Waals surface area (Å²) in [5.41, 5.74) is 6.42. The van der Waals surface area contributed by atoms with Gasteiger partial charge in [-0.25, -0.2) is 4.79 Å². The Bertz CT molecular complexity index is 1120. The molecule has 0 fully saturated rings. The summed E-state index contributed by atoms with van der Waals surface area (Å²) in [6.45, 7) is 6.47. The average Bonchev–Trinajstić information content (AvgIpc) is 3.11. The molecule has 4 rings (SSSR count). The molecule has 0 aromatic heterocycles. The van der Waals surface area contributed by atoms with E-state index in [1.54, 1.807) is 0 Å². The van der Waals surface area contributed by atoms with Crippen molar-refractivity contribution in [3.63, 3.8) is 0 Å². The molecule has 0 bridgehead atoms. The molecule has 0 spiro atoms. The molecule has 3 aromatic rings. The Morgan fingerprint density at radius 1 is 0.909 bits per heavy atom. The van der Waals surface area contributed by atoms with Gasteiger partial charge in [0.1, 0.15) is 6.61 Å². The number of amides is 1. The van der Waals surface area contributed by atoms with Crippen molar-refractivity contribution in [2.45, 2.75) is 44.6 Å². The van der Waals surface area contributed by atoms with Crippen LogP contribution in [0, 0.1) is 0 Å². The second-order valence-corrected chi connectivity index (χ2v) is 9.49. The van der Waals surface area contributed by atoms with E-state index in [-0.39, 0.29) is 24.4 Å². The van der Waals surface area contributed by atoms with Crippen LogP contribution in [0.2, 0.25) is 0 Å². The number of carboxylic acids is 1. The molecule has 0 saturated heterocycles. The Labute approximate surface area is 194 Å². The molecule has 0 unspecified atom stereocenters. The van der Waals surface area contributed by atoms with E-state index in [9.17, 15) is 14.7 Å². The zero-order chi connectivity index (χ0) is 23.6. The van der Waals surface area contributed by atoms with Crippen molar-refractivity contribution in [3.8, 4) is 11.1 Å². The third-order valence-corrected chi connectivity index (χ3v) is 6.18. The molecule has 33 heavy (non-hydrogen) atoms. The number of carbonyl (C=O) groups is 2. The van der Waals surface area contributed by atoms with Gasteiger partial charge in [0.05, 0.1) is 12.0 Å². The number of rotatable bonds is 6. The minimum atomic E-state index is -1.34. The maximum Gasteiger partial charge on any atom is 0.407 e. The second-order valence-electron chi connectivity index (χ2n) is 9.49. The molecule has 0 aliphatic heterocycles. The molecule has 0 radical (unpaired) electrons. The molecule has 1 aliphatic rings. The van der Waals surface area contributed by atoms with Gasteiger partial charge in [0, 0.05) is 5.92 Å². The number of hydrogen-bond acceptors (Lipinski definition) is 4. The summed E-state index contributed by atoms with van der Waals surface area (Å²) in [6.07, 6.45) is -0.644. The van der Waals surface area contributed by atoms with Crippen LogP contribution in [-0.4, -0.2) is 24.7 Å². The molecule has 5 nitrogen and oxygen atoms in total. The number of aliphatic carboxylic acids is 1. The quantitative estimate of drug-likeness (QED) is 0.621. The molecule has 0 saturated carbocycles. The summed E-state index contributed by atoms with van der Waals surface area (Å²) in [5.74, 6) is -1.43. The fraction of sp³-hybridized carbons (Fsp3) is 0.286. The molecular weight excluding hydrogens is 414 g/mol. The van der Waals surface area contributed by atoms with Crippen molar-refractivity contribution in [3.05, 3.63) is 95.1 Å². The largest absolute Gasteiger partial charge is 0.548 e. The zero-order valence-electron chi connectivity index (χ0n) is 19.1. The van der Waals surface area contributed by atoms with E-state index in [1.807, 2.05) is 60.7 Å². The Balaban J connectivity index is 1.41. The lowest BCUT2D eigenvalue weighted by atomic mass is 9.86. The monoisotopic (exact) mass is 442 g/mol. The first-order chi connectivity index (χ1) is 15.7. The minimum Gasteiger partial charge on any atom is -0.548 e. The van der Waals surface area contributed by atoms with Crippen LogP contribution in [0.1, 0.15) is 48.9 Å². The summed E-state index contributed by atoms with van der Waals surface area (Å²) in [5, 5.41) is 14.1. The third kappa shape index (κ3) is 4.92. The Hall–Kier alpha value is -3.60. The lowest BCUT2D eigenvalue weighted by Gasteiger charge is -2.22. The van der Waals surface area contributed by atoms with Gasteiger partial charge in [0.25, 0.3) is 0 Å². The molecular formula is C28H28NO4-. The number of hydrogen-bond donors (Lipinski definition) is 1. The topological polar surface area (TPSA) is 78.5 Å². The van der Waals surface area contributed by atoms with Crippen LogP contribution in [0.3, 0.4) is 0 Å². The van der Waals surface area contributed by atoms with Crippen LogP contribution in [0.25, 0.3) is 11.1 Å². The molecule has 3 aromatic carbocycles. The number of alkyl carbamates (subject to hydrolysis) is 1. The molecule has 1 N–H and O–H groups in total. The minimum absolute atomic E-state index is 0.00577. The van der Waals surface area contributed by atoms with Gasteiger partial charge in [-0.2, -0.15) is 0 Å². The average molecular weight is 443 g/mol. The number of ether oxygens (including phenoxy) is 1.